The minimum atomic E-state index is -3.66. The Kier molecular flexibility index (Phi) is 5.01. The van der Waals surface area contributed by atoms with E-state index in [0.29, 0.717) is 31.2 Å². The number of anilines is 1. The van der Waals surface area contributed by atoms with Crippen LogP contribution in [-0.2, 0) is 10.0 Å². The van der Waals surface area contributed by atoms with Crippen LogP contribution in [0, 0.1) is 6.92 Å². The van der Waals surface area contributed by atoms with Crippen LogP contribution in [0.3, 0.4) is 0 Å². The second-order valence-electron chi connectivity index (χ2n) is 5.60. The summed E-state index contributed by atoms with van der Waals surface area (Å²) >= 11 is 12.0. The van der Waals surface area contributed by atoms with E-state index in [2.05, 4.69) is 9.88 Å². The summed E-state index contributed by atoms with van der Waals surface area (Å²) in [4.78, 5) is 6.62. The van der Waals surface area contributed by atoms with Crippen molar-refractivity contribution in [1.29, 1.82) is 0 Å². The number of nitrogens with zero attached hydrogens (tertiary/aromatic N) is 3. The van der Waals surface area contributed by atoms with Gasteiger partial charge in [0.05, 0.1) is 5.02 Å². The number of aromatic nitrogens is 1. The van der Waals surface area contributed by atoms with Gasteiger partial charge in [-0.05, 0) is 37.3 Å². The van der Waals surface area contributed by atoms with Gasteiger partial charge in [0, 0.05) is 36.9 Å². The maximum Gasteiger partial charge on any atom is 0.244 e. The molecule has 3 rings (SSSR count). The Morgan fingerprint density at radius 1 is 1.04 bits per heavy atom. The Morgan fingerprint density at radius 3 is 2.42 bits per heavy atom. The third-order valence-corrected chi connectivity index (χ3v) is 6.56. The number of piperazine rings is 1. The second kappa shape index (κ2) is 6.88. The molecule has 128 valence electrons. The van der Waals surface area contributed by atoms with Crippen molar-refractivity contribution in [2.75, 3.05) is 31.1 Å². The molecule has 1 aromatic carbocycles. The Balaban J connectivity index is 1.77. The van der Waals surface area contributed by atoms with Gasteiger partial charge in [-0.3, -0.25) is 0 Å². The van der Waals surface area contributed by atoms with Crippen molar-refractivity contribution in [2.24, 2.45) is 0 Å². The molecule has 1 aliphatic rings. The highest BCUT2D eigenvalue weighted by atomic mass is 35.5. The maximum atomic E-state index is 12.8. The third-order valence-electron chi connectivity index (χ3n) is 3.95. The fourth-order valence-electron chi connectivity index (χ4n) is 2.68. The quantitative estimate of drug-likeness (QED) is 0.813. The molecular formula is C16H17Cl2N3O2S. The van der Waals surface area contributed by atoms with E-state index in [1.807, 2.05) is 25.1 Å². The van der Waals surface area contributed by atoms with E-state index in [4.69, 9.17) is 23.2 Å². The monoisotopic (exact) mass is 385 g/mol. The summed E-state index contributed by atoms with van der Waals surface area (Å²) in [6, 6.07) is 10.3. The van der Waals surface area contributed by atoms with Crippen LogP contribution in [0.2, 0.25) is 10.0 Å². The SMILES string of the molecule is Cc1cccc(N2CCN(S(=O)(=O)c3cc(Cl)ccc3Cl)CC2)n1. The summed E-state index contributed by atoms with van der Waals surface area (Å²) in [5.74, 6) is 0.868. The molecule has 0 N–H and O–H groups in total. The van der Waals surface area contributed by atoms with Crippen molar-refractivity contribution in [3.8, 4) is 0 Å². The number of hydrogen-bond donors (Lipinski definition) is 0. The van der Waals surface area contributed by atoms with Crippen molar-refractivity contribution in [2.45, 2.75) is 11.8 Å². The average Bonchev–Trinajstić information content (AvgIpc) is 2.57. The lowest BCUT2D eigenvalue weighted by Crippen LogP contribution is -2.49. The predicted octanol–water partition coefficient (Wildman–Crippen LogP) is 3.21. The summed E-state index contributed by atoms with van der Waals surface area (Å²) in [6.45, 7) is 3.84. The largest absolute Gasteiger partial charge is 0.354 e. The lowest BCUT2D eigenvalue weighted by Gasteiger charge is -2.34. The number of pyridine rings is 1. The number of sulfonamides is 1. The average molecular weight is 386 g/mol. The molecular weight excluding hydrogens is 369 g/mol. The van der Waals surface area contributed by atoms with E-state index in [-0.39, 0.29) is 9.92 Å². The van der Waals surface area contributed by atoms with Gasteiger partial charge >= 0.3 is 0 Å². The first kappa shape index (κ1) is 17.5. The molecule has 0 spiro atoms. The Bertz CT molecular complexity index is 850. The number of rotatable bonds is 3. The lowest BCUT2D eigenvalue weighted by molar-refractivity contribution is 0.384. The first-order valence-corrected chi connectivity index (χ1v) is 9.71. The molecule has 0 amide bonds. The molecule has 0 aliphatic carbocycles. The fraction of sp³-hybridized carbons (Fsp3) is 0.312. The van der Waals surface area contributed by atoms with Crippen molar-refractivity contribution < 1.29 is 8.42 Å². The van der Waals surface area contributed by atoms with Crippen molar-refractivity contribution in [1.82, 2.24) is 9.29 Å². The van der Waals surface area contributed by atoms with E-state index in [1.54, 1.807) is 6.07 Å². The lowest BCUT2D eigenvalue weighted by atomic mass is 10.3. The highest BCUT2D eigenvalue weighted by molar-refractivity contribution is 7.89. The zero-order chi connectivity index (χ0) is 17.3. The van der Waals surface area contributed by atoms with Crippen LogP contribution in [0.1, 0.15) is 5.69 Å². The van der Waals surface area contributed by atoms with Gasteiger partial charge in [-0.15, -0.1) is 0 Å². The zero-order valence-electron chi connectivity index (χ0n) is 13.1. The summed E-state index contributed by atoms with van der Waals surface area (Å²) in [5.41, 5.74) is 0.938. The van der Waals surface area contributed by atoms with Crippen LogP contribution in [-0.4, -0.2) is 43.9 Å². The summed E-state index contributed by atoms with van der Waals surface area (Å²) in [7, 11) is -3.66. The van der Waals surface area contributed by atoms with E-state index in [9.17, 15) is 8.42 Å². The summed E-state index contributed by atoms with van der Waals surface area (Å²) < 4.78 is 27.1. The van der Waals surface area contributed by atoms with Gasteiger partial charge in [-0.1, -0.05) is 29.3 Å². The molecule has 24 heavy (non-hydrogen) atoms. The van der Waals surface area contributed by atoms with Crippen molar-refractivity contribution >= 4 is 39.0 Å². The van der Waals surface area contributed by atoms with E-state index in [0.717, 1.165) is 11.5 Å². The normalized spacial score (nSPS) is 16.4. The zero-order valence-corrected chi connectivity index (χ0v) is 15.4. The molecule has 0 atom stereocenters. The minimum absolute atomic E-state index is 0.0544. The molecule has 5 nitrogen and oxygen atoms in total. The van der Waals surface area contributed by atoms with Gasteiger partial charge in [0.15, 0.2) is 0 Å². The van der Waals surface area contributed by atoms with Crippen molar-refractivity contribution in [3.05, 3.63) is 52.1 Å². The highest BCUT2D eigenvalue weighted by Crippen LogP contribution is 2.28. The molecule has 2 heterocycles. The number of benzene rings is 1. The Labute approximate surface area is 151 Å². The summed E-state index contributed by atoms with van der Waals surface area (Å²) in [5, 5.41) is 0.530. The van der Waals surface area contributed by atoms with Gasteiger partial charge in [-0.2, -0.15) is 4.31 Å². The standard InChI is InChI=1S/C16H17Cl2N3O2S/c1-12-3-2-4-16(19-12)20-7-9-21(10-8-20)24(22,23)15-11-13(17)5-6-14(15)18/h2-6,11H,7-10H2,1H3. The number of aryl methyl sites for hydroxylation is 1. The van der Waals surface area contributed by atoms with Gasteiger partial charge in [0.1, 0.15) is 10.7 Å². The molecule has 1 aromatic heterocycles. The van der Waals surface area contributed by atoms with Crippen molar-refractivity contribution in [3.63, 3.8) is 0 Å². The highest BCUT2D eigenvalue weighted by Gasteiger charge is 2.30. The smallest absolute Gasteiger partial charge is 0.244 e. The molecule has 0 radical (unpaired) electrons. The van der Waals surface area contributed by atoms with Gasteiger partial charge in [0.25, 0.3) is 0 Å². The number of hydrogen-bond acceptors (Lipinski definition) is 4. The predicted molar refractivity (Wildman–Crippen MR) is 96.4 cm³/mol. The van der Waals surface area contributed by atoms with E-state index < -0.39 is 10.0 Å². The van der Waals surface area contributed by atoms with Crippen LogP contribution < -0.4 is 4.90 Å². The molecule has 0 saturated carbocycles. The molecule has 1 fully saturated rings. The van der Waals surface area contributed by atoms with Gasteiger partial charge in [0.2, 0.25) is 10.0 Å². The van der Waals surface area contributed by atoms with E-state index >= 15 is 0 Å². The number of halogens is 2. The molecule has 2 aromatic rings. The third kappa shape index (κ3) is 3.52. The first-order chi connectivity index (χ1) is 11.4. The van der Waals surface area contributed by atoms with E-state index in [1.165, 1.54) is 16.4 Å². The van der Waals surface area contributed by atoms with Crippen LogP contribution in [0.5, 0.6) is 0 Å². The molecule has 0 unspecified atom stereocenters. The van der Waals surface area contributed by atoms with Crippen LogP contribution in [0.4, 0.5) is 5.82 Å². The Morgan fingerprint density at radius 2 is 1.75 bits per heavy atom. The Hall–Kier alpha value is -1.34. The molecule has 8 heteroatoms. The van der Waals surface area contributed by atoms with Gasteiger partial charge in [-0.25, -0.2) is 13.4 Å². The fourth-order valence-corrected chi connectivity index (χ4v) is 4.84. The topological polar surface area (TPSA) is 53.5 Å². The van der Waals surface area contributed by atoms with Gasteiger partial charge < -0.3 is 4.90 Å². The first-order valence-electron chi connectivity index (χ1n) is 7.52. The molecule has 0 bridgehead atoms. The maximum absolute atomic E-state index is 12.8. The van der Waals surface area contributed by atoms with Crippen LogP contribution >= 0.6 is 23.2 Å². The summed E-state index contributed by atoms with van der Waals surface area (Å²) in [6.07, 6.45) is 0. The second-order valence-corrected chi connectivity index (χ2v) is 8.35. The molecule has 1 aliphatic heterocycles. The minimum Gasteiger partial charge on any atom is -0.354 e. The molecule has 1 saturated heterocycles. The van der Waals surface area contributed by atoms with Crippen LogP contribution in [0.15, 0.2) is 41.3 Å². The van der Waals surface area contributed by atoms with Crippen LogP contribution in [0.25, 0.3) is 0 Å².